The molecule has 16 aromatic rings. The van der Waals surface area contributed by atoms with Gasteiger partial charge in [-0.25, -0.2) is 8.78 Å². The standard InChI is InChI=1S/C81H49F5N6/c82-67-22-13-23-68(83)79(67)62-44-77(91-73-40-54(58-28-36-69(87-46-58)50-14-5-1-6-15-50)24-32-63(73)64-33-25-55(41-74(64)91)59-29-37-70(88-47-59)51-16-7-2-8-17-51)80(81(84,85)86)78(45-62)92-75-42-56(60-30-38-71(89-48-60)52-18-9-3-10-19-52)26-34-65(75)66-35-27-57(43-76(66)92)61-31-39-72(90-49-61)53-20-11-4-12-21-53/h1-49H. The summed E-state index contributed by atoms with van der Waals surface area (Å²) < 4.78 is 89.9. The minimum Gasteiger partial charge on any atom is -0.308 e. The van der Waals surface area contributed by atoms with E-state index in [9.17, 15) is 0 Å². The largest absolute Gasteiger partial charge is 0.420 e. The quantitative estimate of drug-likeness (QED) is 0.121. The van der Waals surface area contributed by atoms with E-state index >= 15 is 22.0 Å². The fraction of sp³-hybridized carbons (Fsp3) is 0.0123. The molecule has 0 aliphatic heterocycles. The van der Waals surface area contributed by atoms with Crippen molar-refractivity contribution < 1.29 is 22.0 Å². The van der Waals surface area contributed by atoms with Crippen molar-refractivity contribution in [3.63, 3.8) is 0 Å². The van der Waals surface area contributed by atoms with Gasteiger partial charge in [0.25, 0.3) is 0 Å². The van der Waals surface area contributed by atoms with Gasteiger partial charge in [-0.2, -0.15) is 13.2 Å². The highest BCUT2D eigenvalue weighted by Gasteiger charge is 2.40. The van der Waals surface area contributed by atoms with Gasteiger partial charge in [-0.05, 0) is 101 Å². The minimum atomic E-state index is -5.13. The van der Waals surface area contributed by atoms with E-state index in [4.69, 9.17) is 19.9 Å². The SMILES string of the molecule is Fc1cccc(F)c1-c1cc(-n2c3cc(-c4ccc(-c5ccccc5)nc4)ccc3c3ccc(-c4ccc(-c5ccccc5)nc4)cc32)c(C(F)(F)F)c(-n2c3cc(-c4ccc(-c5ccccc5)nc4)ccc3c3ccc(-c4ccc(-c5ccccc5)nc4)cc32)c1. The van der Waals surface area contributed by atoms with Crippen LogP contribution < -0.4 is 0 Å². The normalized spacial score (nSPS) is 11.8. The maximum Gasteiger partial charge on any atom is 0.420 e. The van der Waals surface area contributed by atoms with Crippen LogP contribution in [0.3, 0.4) is 0 Å². The van der Waals surface area contributed by atoms with E-state index in [2.05, 4.69) is 0 Å². The molecule has 0 aliphatic carbocycles. The summed E-state index contributed by atoms with van der Waals surface area (Å²) in [5, 5.41) is 2.57. The van der Waals surface area contributed by atoms with Gasteiger partial charge >= 0.3 is 6.18 Å². The van der Waals surface area contributed by atoms with Gasteiger partial charge in [0.2, 0.25) is 0 Å². The Morgan fingerprint density at radius 1 is 0.250 bits per heavy atom. The summed E-state index contributed by atoms with van der Waals surface area (Å²) in [4.78, 5) is 19.4. The van der Waals surface area contributed by atoms with E-state index < -0.39 is 28.9 Å². The maximum atomic E-state index is 17.7. The Morgan fingerprint density at radius 2 is 0.522 bits per heavy atom. The molecule has 0 unspecified atom stereocenters. The number of alkyl halides is 3. The van der Waals surface area contributed by atoms with Crippen LogP contribution in [0.1, 0.15) is 5.56 Å². The van der Waals surface area contributed by atoms with Crippen molar-refractivity contribution in [1.29, 1.82) is 0 Å². The van der Waals surface area contributed by atoms with Crippen LogP contribution in [-0.2, 0) is 6.18 Å². The lowest BCUT2D eigenvalue weighted by Crippen LogP contribution is -2.16. The molecule has 0 aliphatic rings. The van der Waals surface area contributed by atoms with Gasteiger partial charge in [0.15, 0.2) is 0 Å². The summed E-state index contributed by atoms with van der Waals surface area (Å²) in [7, 11) is 0. The van der Waals surface area contributed by atoms with Crippen molar-refractivity contribution in [2.45, 2.75) is 6.18 Å². The first kappa shape index (κ1) is 55.4. The van der Waals surface area contributed by atoms with Crippen molar-refractivity contribution in [3.8, 4) is 112 Å². The first-order valence-corrected chi connectivity index (χ1v) is 30.0. The average molecular weight is 1200 g/mol. The first-order valence-electron chi connectivity index (χ1n) is 30.0. The maximum absolute atomic E-state index is 17.7. The molecule has 6 aromatic heterocycles. The third-order valence-corrected chi connectivity index (χ3v) is 17.3. The van der Waals surface area contributed by atoms with Crippen LogP contribution in [0.15, 0.2) is 298 Å². The second-order valence-corrected chi connectivity index (χ2v) is 22.8. The molecule has 16 rings (SSSR count). The molecule has 6 nitrogen and oxygen atoms in total. The van der Waals surface area contributed by atoms with Crippen LogP contribution in [0.5, 0.6) is 0 Å². The van der Waals surface area contributed by atoms with Crippen LogP contribution in [0.25, 0.3) is 156 Å². The monoisotopic (exact) mass is 1200 g/mol. The molecule has 0 radical (unpaired) electrons. The Morgan fingerprint density at radius 3 is 0.772 bits per heavy atom. The summed E-state index contributed by atoms with van der Waals surface area (Å²) in [5.41, 5.74) is 11.6. The molecular weight excluding hydrogens is 1150 g/mol. The van der Waals surface area contributed by atoms with Gasteiger partial charge in [-0.1, -0.05) is 200 Å². The molecule has 6 heterocycles. The van der Waals surface area contributed by atoms with E-state index in [0.29, 0.717) is 65.9 Å². The van der Waals surface area contributed by atoms with Crippen molar-refractivity contribution >= 4 is 43.6 Å². The number of pyridine rings is 4. The molecule has 0 atom stereocenters. The van der Waals surface area contributed by atoms with Gasteiger partial charge < -0.3 is 9.13 Å². The Balaban J connectivity index is 0.986. The highest BCUT2D eigenvalue weighted by Crippen LogP contribution is 2.48. The lowest BCUT2D eigenvalue weighted by molar-refractivity contribution is -0.137. The number of fused-ring (bicyclic) bond motifs is 6. The molecule has 0 bridgehead atoms. The van der Waals surface area contributed by atoms with Crippen molar-refractivity contribution in [2.75, 3.05) is 0 Å². The minimum absolute atomic E-state index is 0.119. The van der Waals surface area contributed by atoms with E-state index in [0.717, 1.165) is 79.4 Å². The number of benzene rings is 10. The fourth-order valence-electron chi connectivity index (χ4n) is 12.8. The van der Waals surface area contributed by atoms with Gasteiger partial charge in [-0.15, -0.1) is 0 Å². The Kier molecular flexibility index (Phi) is 13.6. The zero-order chi connectivity index (χ0) is 62.0. The highest BCUT2D eigenvalue weighted by molar-refractivity contribution is 6.13. The molecular formula is C81H49F5N6. The summed E-state index contributed by atoms with van der Waals surface area (Å²) in [5.74, 6) is -1.90. The van der Waals surface area contributed by atoms with Crippen LogP contribution in [0.2, 0.25) is 0 Å². The molecule has 0 saturated heterocycles. The first-order chi connectivity index (χ1) is 45.1. The van der Waals surface area contributed by atoms with Crippen molar-refractivity contribution in [2.24, 2.45) is 0 Å². The second kappa shape index (κ2) is 22.6. The van der Waals surface area contributed by atoms with Crippen molar-refractivity contribution in [3.05, 3.63) is 315 Å². The zero-order valence-corrected chi connectivity index (χ0v) is 48.9. The summed E-state index contributed by atoms with van der Waals surface area (Å²) in [6.45, 7) is 0. The number of nitrogens with zero attached hydrogens (tertiary/aromatic N) is 6. The smallest absolute Gasteiger partial charge is 0.308 e. The molecule has 0 saturated carbocycles. The number of hydrogen-bond donors (Lipinski definition) is 0. The van der Waals surface area contributed by atoms with E-state index in [-0.39, 0.29) is 16.9 Å². The van der Waals surface area contributed by atoms with Crippen LogP contribution in [0.4, 0.5) is 22.0 Å². The van der Waals surface area contributed by atoms with E-state index in [1.165, 1.54) is 18.2 Å². The van der Waals surface area contributed by atoms with Gasteiger partial charge in [-0.3, -0.25) is 19.9 Å². The Bertz CT molecular complexity index is 4850. The Hall–Kier alpha value is -12.0. The summed E-state index contributed by atoms with van der Waals surface area (Å²) in [6.07, 6.45) is 1.90. The number of hydrogen-bond acceptors (Lipinski definition) is 4. The third-order valence-electron chi connectivity index (χ3n) is 17.3. The number of aromatic nitrogens is 6. The second-order valence-electron chi connectivity index (χ2n) is 22.8. The molecule has 0 amide bonds. The predicted octanol–water partition coefficient (Wildman–Crippen LogP) is 21.8. The number of halogens is 5. The summed E-state index contributed by atoms with van der Waals surface area (Å²) in [6, 6.07) is 83.5. The molecule has 438 valence electrons. The molecule has 10 aromatic carbocycles. The van der Waals surface area contributed by atoms with Crippen LogP contribution in [0, 0.1) is 11.6 Å². The number of rotatable bonds is 11. The lowest BCUT2D eigenvalue weighted by atomic mass is 9.98. The topological polar surface area (TPSA) is 61.4 Å². The predicted molar refractivity (Wildman–Crippen MR) is 360 cm³/mol. The fourth-order valence-corrected chi connectivity index (χ4v) is 12.8. The molecule has 92 heavy (non-hydrogen) atoms. The Labute approximate surface area is 525 Å². The lowest BCUT2D eigenvalue weighted by Gasteiger charge is -2.23. The highest BCUT2D eigenvalue weighted by atomic mass is 19.4. The van der Waals surface area contributed by atoms with Gasteiger partial charge in [0, 0.05) is 90.8 Å². The van der Waals surface area contributed by atoms with Crippen molar-refractivity contribution in [1.82, 2.24) is 29.1 Å². The molecule has 0 spiro atoms. The van der Waals surface area contributed by atoms with E-state index in [1.54, 1.807) is 33.9 Å². The average Bonchev–Trinajstić information content (AvgIpc) is 1.51. The third kappa shape index (κ3) is 9.93. The van der Waals surface area contributed by atoms with Crippen LogP contribution in [-0.4, -0.2) is 29.1 Å². The van der Waals surface area contributed by atoms with Gasteiger partial charge in [0.1, 0.15) is 17.2 Å². The molecule has 11 heteroatoms. The molecule has 0 fully saturated rings. The van der Waals surface area contributed by atoms with Crippen LogP contribution >= 0.6 is 0 Å². The summed E-state index contributed by atoms with van der Waals surface area (Å²) >= 11 is 0. The zero-order valence-electron chi connectivity index (χ0n) is 48.9. The van der Waals surface area contributed by atoms with Gasteiger partial charge in [0.05, 0.1) is 61.8 Å². The van der Waals surface area contributed by atoms with E-state index in [1.807, 2.05) is 243 Å². The molecule has 0 N–H and O–H groups in total.